The maximum absolute atomic E-state index is 6.31. The molecule has 0 atom stereocenters. The molecule has 0 saturated carbocycles. The van der Waals surface area contributed by atoms with Crippen LogP contribution in [0.1, 0.15) is 0 Å². The van der Waals surface area contributed by atoms with Gasteiger partial charge in [0, 0.05) is 5.39 Å². The van der Waals surface area contributed by atoms with Crippen LogP contribution in [0.3, 0.4) is 0 Å². The molecule has 0 heterocycles. The molecule has 0 radical (unpaired) electrons. The van der Waals surface area contributed by atoms with Crippen molar-refractivity contribution in [3.8, 4) is 11.5 Å². The number of hydrogen-bond donors (Lipinski definition) is 0. The van der Waals surface area contributed by atoms with Crippen LogP contribution in [0.5, 0.6) is 11.5 Å². The second-order valence-electron chi connectivity index (χ2n) is 6.25. The molecule has 25 heavy (non-hydrogen) atoms. The maximum atomic E-state index is 6.31. The summed E-state index contributed by atoms with van der Waals surface area (Å²) in [6.07, 6.45) is 0. The highest BCUT2D eigenvalue weighted by Gasteiger charge is 2.08. The van der Waals surface area contributed by atoms with Crippen LogP contribution in [0.4, 0.5) is 0 Å². The summed E-state index contributed by atoms with van der Waals surface area (Å²) in [5.41, 5.74) is 0. The number of benzene rings is 5. The minimum atomic E-state index is 0.860. The Bertz CT molecular complexity index is 1220. The predicted molar refractivity (Wildman–Crippen MR) is 105 cm³/mol. The highest BCUT2D eigenvalue weighted by molar-refractivity contribution is 6.10. The molecule has 1 nitrogen and oxygen atoms in total. The summed E-state index contributed by atoms with van der Waals surface area (Å²) in [6, 6.07) is 33.6. The molecule has 0 bridgehead atoms. The Morgan fingerprint density at radius 1 is 0.440 bits per heavy atom. The lowest BCUT2D eigenvalue weighted by molar-refractivity contribution is 0.490. The molecule has 5 aromatic carbocycles. The van der Waals surface area contributed by atoms with Gasteiger partial charge in [-0.25, -0.2) is 0 Å². The fraction of sp³-hybridized carbons (Fsp3) is 0. The van der Waals surface area contributed by atoms with Gasteiger partial charge in [-0.15, -0.1) is 0 Å². The fourth-order valence-electron chi connectivity index (χ4n) is 3.46. The molecule has 0 saturated heterocycles. The summed E-state index contributed by atoms with van der Waals surface area (Å²) in [6.45, 7) is 0. The fourth-order valence-corrected chi connectivity index (χ4v) is 3.46. The van der Waals surface area contributed by atoms with E-state index in [1.165, 1.54) is 26.9 Å². The summed E-state index contributed by atoms with van der Waals surface area (Å²) in [7, 11) is 0. The lowest BCUT2D eigenvalue weighted by atomic mass is 10.0. The minimum Gasteiger partial charge on any atom is -0.457 e. The SMILES string of the molecule is c1ccc2cc(Oc3cc4ccccc4c4ccccc34)ccc2c1. The summed E-state index contributed by atoms with van der Waals surface area (Å²) >= 11 is 0. The zero-order valence-corrected chi connectivity index (χ0v) is 13.6. The van der Waals surface area contributed by atoms with Crippen LogP contribution in [0.25, 0.3) is 32.3 Å². The Labute approximate surface area is 146 Å². The van der Waals surface area contributed by atoms with Crippen molar-refractivity contribution < 1.29 is 4.74 Å². The van der Waals surface area contributed by atoms with Gasteiger partial charge in [0.2, 0.25) is 0 Å². The highest BCUT2D eigenvalue weighted by Crippen LogP contribution is 2.36. The number of rotatable bonds is 2. The van der Waals surface area contributed by atoms with Gasteiger partial charge in [0.15, 0.2) is 0 Å². The van der Waals surface area contributed by atoms with E-state index >= 15 is 0 Å². The zero-order chi connectivity index (χ0) is 16.6. The largest absolute Gasteiger partial charge is 0.457 e. The van der Waals surface area contributed by atoms with E-state index in [1.807, 2.05) is 6.07 Å². The third-order valence-electron chi connectivity index (χ3n) is 4.68. The molecule has 5 rings (SSSR count). The zero-order valence-electron chi connectivity index (χ0n) is 13.6. The van der Waals surface area contributed by atoms with Crippen LogP contribution in [-0.2, 0) is 0 Å². The molecular weight excluding hydrogens is 304 g/mol. The quantitative estimate of drug-likeness (QED) is 0.320. The third kappa shape index (κ3) is 2.41. The van der Waals surface area contributed by atoms with Gasteiger partial charge in [0.1, 0.15) is 11.5 Å². The van der Waals surface area contributed by atoms with Gasteiger partial charge in [0.25, 0.3) is 0 Å². The predicted octanol–water partition coefficient (Wildman–Crippen LogP) is 6.94. The van der Waals surface area contributed by atoms with Gasteiger partial charge < -0.3 is 4.74 Å². The number of ether oxygens (including phenoxy) is 1. The number of fused-ring (bicyclic) bond motifs is 4. The second kappa shape index (κ2) is 5.64. The molecule has 0 aliphatic carbocycles. The molecule has 0 spiro atoms. The van der Waals surface area contributed by atoms with E-state index in [4.69, 9.17) is 4.74 Å². The molecule has 0 N–H and O–H groups in total. The second-order valence-corrected chi connectivity index (χ2v) is 6.25. The molecule has 0 fully saturated rings. The topological polar surface area (TPSA) is 9.23 Å². The average Bonchev–Trinajstić information content (AvgIpc) is 2.68. The molecule has 0 aliphatic rings. The van der Waals surface area contributed by atoms with Crippen molar-refractivity contribution in [1.82, 2.24) is 0 Å². The lowest BCUT2D eigenvalue weighted by Crippen LogP contribution is -1.88. The van der Waals surface area contributed by atoms with E-state index in [1.54, 1.807) is 0 Å². The van der Waals surface area contributed by atoms with E-state index in [0.29, 0.717) is 0 Å². The van der Waals surface area contributed by atoms with Crippen molar-refractivity contribution in [3.63, 3.8) is 0 Å². The van der Waals surface area contributed by atoms with Crippen molar-refractivity contribution in [2.75, 3.05) is 0 Å². The van der Waals surface area contributed by atoms with Crippen LogP contribution in [0, 0.1) is 0 Å². The first-order valence-electron chi connectivity index (χ1n) is 8.46. The molecule has 0 amide bonds. The van der Waals surface area contributed by atoms with Gasteiger partial charge in [-0.3, -0.25) is 0 Å². The summed E-state index contributed by atoms with van der Waals surface area (Å²) in [4.78, 5) is 0. The standard InChI is InChI=1S/C24H16O/c1-2-8-18-15-20(14-13-17(18)7-1)25-24-16-19-9-3-4-10-21(19)22-11-5-6-12-23(22)24/h1-16H. The maximum Gasteiger partial charge on any atom is 0.135 e. The Hall–Kier alpha value is -3.32. The molecule has 118 valence electrons. The first kappa shape index (κ1) is 14.1. The Morgan fingerprint density at radius 3 is 1.92 bits per heavy atom. The van der Waals surface area contributed by atoms with Gasteiger partial charge in [-0.1, -0.05) is 78.9 Å². The first-order valence-corrected chi connectivity index (χ1v) is 8.46. The molecule has 0 aromatic heterocycles. The Kier molecular flexibility index (Phi) is 3.17. The van der Waals surface area contributed by atoms with E-state index in [0.717, 1.165) is 16.9 Å². The van der Waals surface area contributed by atoms with Crippen molar-refractivity contribution in [3.05, 3.63) is 97.1 Å². The molecular formula is C24H16O. The van der Waals surface area contributed by atoms with Gasteiger partial charge >= 0.3 is 0 Å². The lowest BCUT2D eigenvalue weighted by Gasteiger charge is -2.12. The summed E-state index contributed by atoms with van der Waals surface area (Å²) < 4.78 is 6.31. The highest BCUT2D eigenvalue weighted by atomic mass is 16.5. The minimum absolute atomic E-state index is 0.860. The molecule has 5 aromatic rings. The van der Waals surface area contributed by atoms with Crippen molar-refractivity contribution >= 4 is 32.3 Å². The van der Waals surface area contributed by atoms with E-state index in [9.17, 15) is 0 Å². The van der Waals surface area contributed by atoms with E-state index in [-0.39, 0.29) is 0 Å². The van der Waals surface area contributed by atoms with Crippen LogP contribution in [0.2, 0.25) is 0 Å². The van der Waals surface area contributed by atoms with E-state index < -0.39 is 0 Å². The van der Waals surface area contributed by atoms with Crippen LogP contribution >= 0.6 is 0 Å². The van der Waals surface area contributed by atoms with Crippen LogP contribution < -0.4 is 4.74 Å². The average molecular weight is 320 g/mol. The van der Waals surface area contributed by atoms with Gasteiger partial charge in [0.05, 0.1) is 0 Å². The van der Waals surface area contributed by atoms with Crippen LogP contribution in [0.15, 0.2) is 97.1 Å². The normalized spacial score (nSPS) is 11.2. The molecule has 0 aliphatic heterocycles. The summed E-state index contributed by atoms with van der Waals surface area (Å²) in [5.74, 6) is 1.75. The third-order valence-corrected chi connectivity index (χ3v) is 4.68. The first-order chi connectivity index (χ1) is 12.4. The summed E-state index contributed by atoms with van der Waals surface area (Å²) in [5, 5.41) is 7.20. The molecule has 0 unspecified atom stereocenters. The van der Waals surface area contributed by atoms with E-state index in [2.05, 4.69) is 91.0 Å². The van der Waals surface area contributed by atoms with Crippen molar-refractivity contribution in [2.45, 2.75) is 0 Å². The van der Waals surface area contributed by atoms with Crippen molar-refractivity contribution in [2.24, 2.45) is 0 Å². The Morgan fingerprint density at radius 2 is 1.08 bits per heavy atom. The smallest absolute Gasteiger partial charge is 0.135 e. The van der Waals surface area contributed by atoms with Crippen molar-refractivity contribution in [1.29, 1.82) is 0 Å². The monoisotopic (exact) mass is 320 g/mol. The van der Waals surface area contributed by atoms with Gasteiger partial charge in [-0.05, 0) is 45.1 Å². The molecule has 1 heteroatoms. The van der Waals surface area contributed by atoms with Crippen LogP contribution in [-0.4, -0.2) is 0 Å². The number of hydrogen-bond acceptors (Lipinski definition) is 1. The Balaban J connectivity index is 1.70. The van der Waals surface area contributed by atoms with Gasteiger partial charge in [-0.2, -0.15) is 0 Å².